The summed E-state index contributed by atoms with van der Waals surface area (Å²) in [6.07, 6.45) is 2.55. The van der Waals surface area contributed by atoms with Crippen LogP contribution in [0.2, 0.25) is 0 Å². The van der Waals surface area contributed by atoms with Crippen LogP contribution in [0.3, 0.4) is 0 Å². The van der Waals surface area contributed by atoms with Crippen molar-refractivity contribution >= 4 is 17.3 Å². The maximum atomic E-state index is 12.1. The minimum Gasteiger partial charge on any atom is -0.419 e. The van der Waals surface area contributed by atoms with Crippen LogP contribution in [0.4, 0.5) is 11.4 Å². The molecule has 138 valence electrons. The molecule has 0 spiro atoms. The smallest absolute Gasteiger partial charge is 0.321 e. The largest absolute Gasteiger partial charge is 0.419 e. The van der Waals surface area contributed by atoms with E-state index >= 15 is 0 Å². The summed E-state index contributed by atoms with van der Waals surface area (Å²) >= 11 is 0. The summed E-state index contributed by atoms with van der Waals surface area (Å²) in [5, 5.41) is 22.8. The molecule has 0 radical (unpaired) electrons. The van der Waals surface area contributed by atoms with Crippen molar-refractivity contribution in [1.82, 2.24) is 0 Å². The van der Waals surface area contributed by atoms with Gasteiger partial charge in [0.05, 0.1) is 9.85 Å². The Morgan fingerprint density at radius 1 is 1.16 bits per heavy atom. The summed E-state index contributed by atoms with van der Waals surface area (Å²) in [6.45, 7) is 8.53. The standard InChI is InChI=1S/C17H24N2O6/c1-6-7-8-9-14(20)25-16-12(17(3,4)5)10-13(18(21)22)11(2)15(16)19(23)24/h10H,6-9H2,1-5H3. The van der Waals surface area contributed by atoms with E-state index in [1.165, 1.54) is 13.0 Å². The fourth-order valence-corrected chi connectivity index (χ4v) is 2.48. The molecule has 0 saturated heterocycles. The summed E-state index contributed by atoms with van der Waals surface area (Å²) in [4.78, 5) is 33.5. The van der Waals surface area contributed by atoms with Crippen molar-refractivity contribution in [3.8, 4) is 5.75 Å². The van der Waals surface area contributed by atoms with Gasteiger partial charge in [0.15, 0.2) is 0 Å². The molecule has 0 aliphatic heterocycles. The number of nitro groups is 2. The first-order valence-electron chi connectivity index (χ1n) is 8.18. The fourth-order valence-electron chi connectivity index (χ4n) is 2.48. The van der Waals surface area contributed by atoms with Gasteiger partial charge in [-0.05, 0) is 18.8 Å². The van der Waals surface area contributed by atoms with Crippen LogP contribution in [0.5, 0.6) is 5.75 Å². The third kappa shape index (κ3) is 4.98. The second-order valence-electron chi connectivity index (χ2n) is 6.94. The first kappa shape index (κ1) is 20.5. The number of hydrogen-bond acceptors (Lipinski definition) is 6. The van der Waals surface area contributed by atoms with Gasteiger partial charge in [-0.1, -0.05) is 40.5 Å². The Morgan fingerprint density at radius 2 is 1.76 bits per heavy atom. The highest BCUT2D eigenvalue weighted by Crippen LogP contribution is 2.44. The second kappa shape index (κ2) is 8.04. The molecule has 1 aromatic carbocycles. The summed E-state index contributed by atoms with van der Waals surface area (Å²) in [7, 11) is 0. The number of nitrogens with zero attached hydrogens (tertiary/aromatic N) is 2. The second-order valence-corrected chi connectivity index (χ2v) is 6.94. The highest BCUT2D eigenvalue weighted by molar-refractivity contribution is 5.77. The number of rotatable bonds is 7. The molecule has 0 N–H and O–H groups in total. The van der Waals surface area contributed by atoms with Crippen molar-refractivity contribution in [2.24, 2.45) is 0 Å². The number of carbonyl (C=O) groups is 1. The van der Waals surface area contributed by atoms with E-state index in [0.717, 1.165) is 12.8 Å². The van der Waals surface area contributed by atoms with E-state index in [4.69, 9.17) is 4.74 Å². The number of nitro benzene ring substituents is 2. The Bertz CT molecular complexity index is 691. The normalized spacial score (nSPS) is 11.2. The van der Waals surface area contributed by atoms with Gasteiger partial charge in [0.2, 0.25) is 5.75 Å². The first-order valence-corrected chi connectivity index (χ1v) is 8.18. The lowest BCUT2D eigenvalue weighted by molar-refractivity contribution is -0.395. The van der Waals surface area contributed by atoms with E-state index in [-0.39, 0.29) is 29.0 Å². The van der Waals surface area contributed by atoms with E-state index in [1.807, 2.05) is 6.92 Å². The van der Waals surface area contributed by atoms with Crippen molar-refractivity contribution in [2.75, 3.05) is 0 Å². The van der Waals surface area contributed by atoms with Gasteiger partial charge in [0.1, 0.15) is 5.56 Å². The molecule has 0 heterocycles. The van der Waals surface area contributed by atoms with Gasteiger partial charge in [-0.2, -0.15) is 0 Å². The molecule has 8 nitrogen and oxygen atoms in total. The number of unbranched alkanes of at least 4 members (excludes halogenated alkanes) is 2. The zero-order chi connectivity index (χ0) is 19.4. The zero-order valence-electron chi connectivity index (χ0n) is 15.2. The van der Waals surface area contributed by atoms with Crippen molar-refractivity contribution in [3.63, 3.8) is 0 Å². The van der Waals surface area contributed by atoms with Gasteiger partial charge in [0.25, 0.3) is 5.69 Å². The molecule has 0 amide bonds. The summed E-state index contributed by atoms with van der Waals surface area (Å²) < 4.78 is 5.32. The van der Waals surface area contributed by atoms with Crippen LogP contribution in [-0.4, -0.2) is 15.8 Å². The maximum absolute atomic E-state index is 12.1. The Labute approximate surface area is 146 Å². The number of benzene rings is 1. The molecular formula is C17H24N2O6. The topological polar surface area (TPSA) is 113 Å². The number of carbonyl (C=O) groups excluding carboxylic acids is 1. The highest BCUT2D eigenvalue weighted by atomic mass is 16.6. The Balaban J connectivity index is 3.51. The predicted molar refractivity (Wildman–Crippen MR) is 93.0 cm³/mol. The molecule has 0 aliphatic carbocycles. The Morgan fingerprint density at radius 3 is 2.20 bits per heavy atom. The first-order chi connectivity index (χ1) is 11.5. The lowest BCUT2D eigenvalue weighted by Gasteiger charge is -2.22. The molecule has 0 aromatic heterocycles. The third-order valence-corrected chi connectivity index (χ3v) is 3.87. The molecule has 0 unspecified atom stereocenters. The summed E-state index contributed by atoms with van der Waals surface area (Å²) in [6, 6.07) is 1.26. The maximum Gasteiger partial charge on any atom is 0.321 e. The molecule has 1 aromatic rings. The minimum absolute atomic E-state index is 0.126. The third-order valence-electron chi connectivity index (χ3n) is 3.87. The van der Waals surface area contributed by atoms with Gasteiger partial charge in [-0.15, -0.1) is 0 Å². The summed E-state index contributed by atoms with van der Waals surface area (Å²) in [5.74, 6) is -0.766. The van der Waals surface area contributed by atoms with Crippen LogP contribution in [0, 0.1) is 27.2 Å². The van der Waals surface area contributed by atoms with Crippen molar-refractivity contribution in [2.45, 2.75) is 65.7 Å². The van der Waals surface area contributed by atoms with E-state index < -0.39 is 26.9 Å². The average Bonchev–Trinajstić information content (AvgIpc) is 2.45. The van der Waals surface area contributed by atoms with Gasteiger partial charge in [0, 0.05) is 18.1 Å². The molecule has 0 aliphatic rings. The molecule has 0 atom stereocenters. The molecule has 8 heteroatoms. The van der Waals surface area contributed by atoms with E-state index in [9.17, 15) is 25.0 Å². The lowest BCUT2D eigenvalue weighted by Crippen LogP contribution is -2.18. The van der Waals surface area contributed by atoms with Crippen LogP contribution in [0.25, 0.3) is 0 Å². The lowest BCUT2D eigenvalue weighted by atomic mass is 9.84. The highest BCUT2D eigenvalue weighted by Gasteiger charge is 2.35. The Hall–Kier alpha value is -2.51. The van der Waals surface area contributed by atoms with Crippen LogP contribution in [-0.2, 0) is 10.2 Å². The minimum atomic E-state index is -0.730. The molecule has 0 bridgehead atoms. The number of ether oxygens (including phenoxy) is 1. The molecule has 0 saturated carbocycles. The van der Waals surface area contributed by atoms with Gasteiger partial charge in [-0.3, -0.25) is 25.0 Å². The van der Waals surface area contributed by atoms with Crippen LogP contribution in [0.1, 0.15) is 64.5 Å². The van der Waals surface area contributed by atoms with Crippen LogP contribution in [0.15, 0.2) is 6.07 Å². The SMILES string of the molecule is CCCCCC(=O)Oc1c(C(C)(C)C)cc([N+](=O)[O-])c(C)c1[N+](=O)[O-]. The van der Waals surface area contributed by atoms with E-state index in [0.29, 0.717) is 6.42 Å². The van der Waals surface area contributed by atoms with Crippen LogP contribution >= 0.6 is 0 Å². The summed E-state index contributed by atoms with van der Waals surface area (Å²) in [5.41, 5.74) is -1.42. The van der Waals surface area contributed by atoms with Gasteiger partial charge >= 0.3 is 11.7 Å². The fraction of sp³-hybridized carbons (Fsp3) is 0.588. The monoisotopic (exact) mass is 352 g/mol. The molecule has 1 rings (SSSR count). The van der Waals surface area contributed by atoms with Gasteiger partial charge in [-0.25, -0.2) is 0 Å². The predicted octanol–water partition coefficient (Wildman–Crippen LogP) is 4.59. The van der Waals surface area contributed by atoms with Crippen molar-refractivity contribution in [1.29, 1.82) is 0 Å². The zero-order valence-corrected chi connectivity index (χ0v) is 15.2. The average molecular weight is 352 g/mol. The van der Waals surface area contributed by atoms with Gasteiger partial charge < -0.3 is 4.74 Å². The molecule has 0 fully saturated rings. The Kier molecular flexibility index (Phi) is 6.61. The van der Waals surface area contributed by atoms with Crippen molar-refractivity contribution in [3.05, 3.63) is 37.4 Å². The van der Waals surface area contributed by atoms with E-state index in [1.54, 1.807) is 20.8 Å². The molecular weight excluding hydrogens is 328 g/mol. The van der Waals surface area contributed by atoms with Crippen molar-refractivity contribution < 1.29 is 19.4 Å². The molecule has 25 heavy (non-hydrogen) atoms. The van der Waals surface area contributed by atoms with Crippen LogP contribution < -0.4 is 4.74 Å². The quantitative estimate of drug-likeness (QED) is 0.233. The van der Waals surface area contributed by atoms with E-state index in [2.05, 4.69) is 0 Å². The number of hydrogen-bond donors (Lipinski definition) is 0. The number of esters is 1.